The summed E-state index contributed by atoms with van der Waals surface area (Å²) in [6, 6.07) is 7.07. The Morgan fingerprint density at radius 3 is 2.72 bits per heavy atom. The number of aryl methyl sites for hydroxylation is 2. The molecule has 1 N–H and O–H groups in total. The van der Waals surface area contributed by atoms with Gasteiger partial charge in [-0.1, -0.05) is 31.0 Å². The second-order valence-corrected chi connectivity index (χ2v) is 5.57. The van der Waals surface area contributed by atoms with Crippen molar-refractivity contribution >= 4 is 0 Å². The number of rotatable bonds is 3. The van der Waals surface area contributed by atoms with E-state index in [9.17, 15) is 5.11 Å². The summed E-state index contributed by atoms with van der Waals surface area (Å²) < 4.78 is 0. The number of benzene rings is 1. The van der Waals surface area contributed by atoms with Crippen molar-refractivity contribution in [3.8, 4) is 0 Å². The molecule has 2 nitrogen and oxygen atoms in total. The first-order valence-electron chi connectivity index (χ1n) is 7.11. The van der Waals surface area contributed by atoms with Gasteiger partial charge in [-0.05, 0) is 49.9 Å². The molecule has 0 amide bonds. The first-order chi connectivity index (χ1) is 8.70. The van der Waals surface area contributed by atoms with E-state index in [4.69, 9.17) is 0 Å². The zero-order valence-electron chi connectivity index (χ0n) is 11.7. The molecule has 1 atom stereocenters. The van der Waals surface area contributed by atoms with Gasteiger partial charge in [-0.2, -0.15) is 0 Å². The molecule has 1 aromatic rings. The van der Waals surface area contributed by atoms with Gasteiger partial charge in [0.05, 0.1) is 6.61 Å². The summed E-state index contributed by atoms with van der Waals surface area (Å²) in [6.45, 7) is 6.72. The summed E-state index contributed by atoms with van der Waals surface area (Å²) in [5, 5.41) is 9.52. The lowest BCUT2D eigenvalue weighted by Crippen LogP contribution is -2.36. The van der Waals surface area contributed by atoms with Gasteiger partial charge in [0.2, 0.25) is 0 Å². The Labute approximate surface area is 111 Å². The first-order valence-corrected chi connectivity index (χ1v) is 7.11. The number of aliphatic hydroxyl groups is 1. The maximum Gasteiger partial charge on any atom is 0.0586 e. The van der Waals surface area contributed by atoms with Gasteiger partial charge in [-0.25, -0.2) is 0 Å². The molecule has 0 bridgehead atoms. The SMILES string of the molecule is Cc1ccc(CN2CCCCCC2CO)cc1C. The quantitative estimate of drug-likeness (QED) is 0.887. The fraction of sp³-hybridized carbons (Fsp3) is 0.625. The molecule has 0 aromatic heterocycles. The van der Waals surface area contributed by atoms with Crippen molar-refractivity contribution in [2.45, 2.75) is 52.1 Å². The van der Waals surface area contributed by atoms with Gasteiger partial charge >= 0.3 is 0 Å². The summed E-state index contributed by atoms with van der Waals surface area (Å²) in [5.74, 6) is 0. The van der Waals surface area contributed by atoms with E-state index in [1.165, 1.54) is 36.0 Å². The van der Waals surface area contributed by atoms with Gasteiger partial charge in [0, 0.05) is 12.6 Å². The standard InChI is InChI=1S/C16H25NO/c1-13-7-8-15(10-14(13)2)11-17-9-5-3-4-6-16(17)12-18/h7-8,10,16,18H,3-6,9,11-12H2,1-2H3. The van der Waals surface area contributed by atoms with Crippen LogP contribution < -0.4 is 0 Å². The lowest BCUT2D eigenvalue weighted by molar-refractivity contribution is 0.118. The minimum atomic E-state index is 0.296. The summed E-state index contributed by atoms with van der Waals surface area (Å²) in [6.07, 6.45) is 4.97. The van der Waals surface area contributed by atoms with Crippen molar-refractivity contribution in [1.29, 1.82) is 0 Å². The fourth-order valence-electron chi connectivity index (χ4n) is 2.79. The molecule has 2 heteroatoms. The maximum atomic E-state index is 9.52. The van der Waals surface area contributed by atoms with Crippen molar-refractivity contribution in [3.63, 3.8) is 0 Å². The van der Waals surface area contributed by atoms with Gasteiger partial charge in [-0.15, -0.1) is 0 Å². The predicted octanol–water partition coefficient (Wildman–Crippen LogP) is 3.04. The Hall–Kier alpha value is -0.860. The van der Waals surface area contributed by atoms with Crippen molar-refractivity contribution in [2.75, 3.05) is 13.2 Å². The van der Waals surface area contributed by atoms with Crippen LogP contribution in [0.25, 0.3) is 0 Å². The molecule has 1 fully saturated rings. The Balaban J connectivity index is 2.07. The lowest BCUT2D eigenvalue weighted by Gasteiger charge is -2.28. The first kappa shape index (κ1) is 13.6. The van der Waals surface area contributed by atoms with Crippen LogP contribution in [0.1, 0.15) is 42.4 Å². The molecule has 1 aliphatic heterocycles. The Bertz CT molecular complexity index is 389. The second kappa shape index (κ2) is 6.35. The van der Waals surface area contributed by atoms with E-state index in [1.807, 2.05) is 0 Å². The van der Waals surface area contributed by atoms with E-state index in [0.29, 0.717) is 12.6 Å². The molecule has 100 valence electrons. The van der Waals surface area contributed by atoms with Crippen LogP contribution in [0.2, 0.25) is 0 Å². The number of likely N-dealkylation sites (tertiary alicyclic amines) is 1. The molecule has 1 saturated heterocycles. The summed E-state index contributed by atoms with van der Waals surface area (Å²) in [5.41, 5.74) is 4.09. The summed E-state index contributed by atoms with van der Waals surface area (Å²) >= 11 is 0. The van der Waals surface area contributed by atoms with Gasteiger partial charge in [0.1, 0.15) is 0 Å². The van der Waals surface area contributed by atoms with Crippen molar-refractivity contribution in [3.05, 3.63) is 34.9 Å². The fourth-order valence-corrected chi connectivity index (χ4v) is 2.79. The third kappa shape index (κ3) is 3.33. The molecule has 1 unspecified atom stereocenters. The van der Waals surface area contributed by atoms with E-state index >= 15 is 0 Å². The van der Waals surface area contributed by atoms with Crippen molar-refractivity contribution < 1.29 is 5.11 Å². The molecular weight excluding hydrogens is 222 g/mol. The van der Waals surface area contributed by atoms with Gasteiger partial charge < -0.3 is 5.11 Å². The summed E-state index contributed by atoms with van der Waals surface area (Å²) in [4.78, 5) is 2.46. The molecule has 0 spiro atoms. The highest BCUT2D eigenvalue weighted by atomic mass is 16.3. The minimum Gasteiger partial charge on any atom is -0.395 e. The number of nitrogens with zero attached hydrogens (tertiary/aromatic N) is 1. The van der Waals surface area contributed by atoms with E-state index in [1.54, 1.807) is 0 Å². The maximum absolute atomic E-state index is 9.52. The van der Waals surface area contributed by atoms with E-state index in [2.05, 4.69) is 36.9 Å². The predicted molar refractivity (Wildman–Crippen MR) is 75.7 cm³/mol. The van der Waals surface area contributed by atoms with Gasteiger partial charge in [-0.3, -0.25) is 4.90 Å². The van der Waals surface area contributed by atoms with Gasteiger partial charge in [0.15, 0.2) is 0 Å². The average Bonchev–Trinajstić information content (AvgIpc) is 2.59. The highest BCUT2D eigenvalue weighted by Gasteiger charge is 2.20. The van der Waals surface area contributed by atoms with Crippen LogP contribution in [0.15, 0.2) is 18.2 Å². The van der Waals surface area contributed by atoms with Crippen molar-refractivity contribution in [2.24, 2.45) is 0 Å². The lowest BCUT2D eigenvalue weighted by atomic mass is 10.1. The van der Waals surface area contributed by atoms with Gasteiger partial charge in [0.25, 0.3) is 0 Å². The molecule has 0 aliphatic carbocycles. The van der Waals surface area contributed by atoms with E-state index < -0.39 is 0 Å². The molecular formula is C16H25NO. The van der Waals surface area contributed by atoms with Crippen LogP contribution in [0.4, 0.5) is 0 Å². The highest BCUT2D eigenvalue weighted by Crippen LogP contribution is 2.20. The normalized spacial score (nSPS) is 21.8. The number of hydrogen-bond donors (Lipinski definition) is 1. The third-order valence-electron chi connectivity index (χ3n) is 4.17. The molecule has 1 heterocycles. The number of aliphatic hydroxyl groups excluding tert-OH is 1. The third-order valence-corrected chi connectivity index (χ3v) is 4.17. The van der Waals surface area contributed by atoms with Crippen LogP contribution in [0, 0.1) is 13.8 Å². The summed E-state index contributed by atoms with van der Waals surface area (Å²) in [7, 11) is 0. The molecule has 1 aliphatic rings. The molecule has 1 aromatic carbocycles. The zero-order chi connectivity index (χ0) is 13.0. The molecule has 18 heavy (non-hydrogen) atoms. The highest BCUT2D eigenvalue weighted by molar-refractivity contribution is 5.29. The van der Waals surface area contributed by atoms with Crippen LogP contribution >= 0.6 is 0 Å². The van der Waals surface area contributed by atoms with Crippen LogP contribution in [-0.2, 0) is 6.54 Å². The average molecular weight is 247 g/mol. The van der Waals surface area contributed by atoms with Crippen LogP contribution in [0.5, 0.6) is 0 Å². The Kier molecular flexibility index (Phi) is 4.79. The zero-order valence-corrected chi connectivity index (χ0v) is 11.7. The largest absolute Gasteiger partial charge is 0.395 e. The van der Waals surface area contributed by atoms with E-state index in [-0.39, 0.29) is 0 Å². The van der Waals surface area contributed by atoms with Crippen LogP contribution in [-0.4, -0.2) is 29.2 Å². The van der Waals surface area contributed by atoms with Crippen molar-refractivity contribution in [1.82, 2.24) is 4.90 Å². The Morgan fingerprint density at radius 2 is 2.00 bits per heavy atom. The topological polar surface area (TPSA) is 23.5 Å². The van der Waals surface area contributed by atoms with Crippen LogP contribution in [0.3, 0.4) is 0 Å². The second-order valence-electron chi connectivity index (χ2n) is 5.57. The molecule has 0 radical (unpaired) electrons. The smallest absolute Gasteiger partial charge is 0.0586 e. The van der Waals surface area contributed by atoms with E-state index in [0.717, 1.165) is 19.5 Å². The molecule has 2 rings (SSSR count). The molecule has 0 saturated carbocycles. The minimum absolute atomic E-state index is 0.296. The Morgan fingerprint density at radius 1 is 1.17 bits per heavy atom. The number of hydrogen-bond acceptors (Lipinski definition) is 2. The monoisotopic (exact) mass is 247 g/mol.